The molecule has 7 nitrogen and oxygen atoms in total. The molecule has 1 amide bonds. The van der Waals surface area contributed by atoms with Crippen LogP contribution in [-0.2, 0) is 10.0 Å². The van der Waals surface area contributed by atoms with Gasteiger partial charge in [0.15, 0.2) is 0 Å². The summed E-state index contributed by atoms with van der Waals surface area (Å²) in [4.78, 5) is 12.6. The molecule has 28 heavy (non-hydrogen) atoms. The molecule has 3 aromatic rings. The topological polar surface area (TPSA) is 107 Å². The van der Waals surface area contributed by atoms with Crippen LogP contribution in [0, 0.1) is 12.7 Å². The monoisotopic (exact) mass is 402 g/mol. The molecule has 0 aliphatic rings. The molecule has 0 fully saturated rings. The smallest absolute Gasteiger partial charge is 0.255 e. The second-order valence-corrected chi connectivity index (χ2v) is 7.88. The molecular formula is C19H19FN4O3S. The number of sulfonamides is 1. The molecule has 0 bridgehead atoms. The number of para-hydroxylation sites is 1. The van der Waals surface area contributed by atoms with Gasteiger partial charge >= 0.3 is 0 Å². The van der Waals surface area contributed by atoms with Crippen LogP contribution in [-0.4, -0.2) is 24.1 Å². The van der Waals surface area contributed by atoms with Crippen LogP contribution < -0.4 is 10.5 Å². The van der Waals surface area contributed by atoms with Gasteiger partial charge in [0, 0.05) is 0 Å². The first-order valence-corrected chi connectivity index (χ1v) is 9.96. The molecule has 1 atom stereocenters. The van der Waals surface area contributed by atoms with Gasteiger partial charge in [-0.15, -0.1) is 0 Å². The van der Waals surface area contributed by atoms with E-state index in [2.05, 4.69) is 10.4 Å². The molecule has 0 spiro atoms. The van der Waals surface area contributed by atoms with Gasteiger partial charge in [-0.3, -0.25) is 4.79 Å². The van der Waals surface area contributed by atoms with E-state index in [1.54, 1.807) is 44.2 Å². The minimum atomic E-state index is -3.77. The van der Waals surface area contributed by atoms with Crippen molar-refractivity contribution in [3.8, 4) is 5.69 Å². The minimum absolute atomic E-state index is 0.00298. The van der Waals surface area contributed by atoms with Crippen LogP contribution in [0.1, 0.15) is 34.6 Å². The molecule has 2 aromatic carbocycles. The lowest BCUT2D eigenvalue weighted by Crippen LogP contribution is -2.27. The Balaban J connectivity index is 1.79. The molecule has 1 heterocycles. The van der Waals surface area contributed by atoms with Gasteiger partial charge in [-0.05, 0) is 43.7 Å². The first-order valence-electron chi connectivity index (χ1n) is 8.41. The van der Waals surface area contributed by atoms with E-state index in [0.29, 0.717) is 16.8 Å². The average Bonchev–Trinajstić information content (AvgIpc) is 3.03. The minimum Gasteiger partial charge on any atom is -0.345 e. The summed E-state index contributed by atoms with van der Waals surface area (Å²) in [6, 6.07) is 11.7. The zero-order valence-corrected chi connectivity index (χ0v) is 16.1. The number of nitrogens with one attached hydrogen (secondary N) is 1. The summed E-state index contributed by atoms with van der Waals surface area (Å²) in [7, 11) is -3.77. The first kappa shape index (κ1) is 19.7. The number of hydrogen-bond acceptors (Lipinski definition) is 4. The molecule has 9 heteroatoms. The molecule has 3 N–H and O–H groups in total. The second-order valence-electron chi connectivity index (χ2n) is 6.32. The molecule has 0 radical (unpaired) electrons. The van der Waals surface area contributed by atoms with E-state index in [1.807, 2.05) is 0 Å². The Kier molecular flexibility index (Phi) is 5.30. The molecule has 0 saturated heterocycles. The zero-order chi connectivity index (χ0) is 20.5. The first-order chi connectivity index (χ1) is 13.2. The highest BCUT2D eigenvalue weighted by Crippen LogP contribution is 2.19. The van der Waals surface area contributed by atoms with Crippen molar-refractivity contribution in [2.75, 3.05) is 0 Å². The molecule has 0 aliphatic carbocycles. The van der Waals surface area contributed by atoms with E-state index in [0.717, 1.165) is 0 Å². The Hall–Kier alpha value is -3.04. The second kappa shape index (κ2) is 7.53. The van der Waals surface area contributed by atoms with Crippen LogP contribution in [0.5, 0.6) is 0 Å². The van der Waals surface area contributed by atoms with Crippen LogP contribution in [0.25, 0.3) is 5.69 Å². The number of carbonyl (C=O) groups is 1. The lowest BCUT2D eigenvalue weighted by molar-refractivity contribution is 0.0939. The fraction of sp³-hybridized carbons (Fsp3) is 0.158. The summed E-state index contributed by atoms with van der Waals surface area (Å²) in [6.45, 7) is 3.44. The van der Waals surface area contributed by atoms with E-state index < -0.39 is 21.9 Å². The molecule has 0 aliphatic heterocycles. The maximum Gasteiger partial charge on any atom is 0.255 e. The van der Waals surface area contributed by atoms with Crippen molar-refractivity contribution in [3.05, 3.63) is 77.4 Å². The number of hydrogen-bond donors (Lipinski definition) is 2. The van der Waals surface area contributed by atoms with Crippen molar-refractivity contribution in [2.24, 2.45) is 5.14 Å². The van der Waals surface area contributed by atoms with Crippen LogP contribution >= 0.6 is 0 Å². The van der Waals surface area contributed by atoms with Crippen molar-refractivity contribution < 1.29 is 17.6 Å². The molecule has 146 valence electrons. The summed E-state index contributed by atoms with van der Waals surface area (Å²) in [5.41, 5.74) is 1.78. The standard InChI is InChI=1S/C19H19FN4O3S/c1-12(14-7-9-15(10-8-14)28(21,26)27)23-19(25)16-11-22-24(13(16)2)18-6-4-3-5-17(18)20/h3-12H,1-2H3,(H,23,25)(H2,21,26,27). The number of nitrogens with two attached hydrogens (primary N) is 1. The molecule has 1 unspecified atom stereocenters. The average molecular weight is 402 g/mol. The largest absolute Gasteiger partial charge is 0.345 e. The van der Waals surface area contributed by atoms with Crippen molar-refractivity contribution in [1.82, 2.24) is 15.1 Å². The van der Waals surface area contributed by atoms with Crippen LogP contribution in [0.15, 0.2) is 59.6 Å². The van der Waals surface area contributed by atoms with Crippen LogP contribution in [0.3, 0.4) is 0 Å². The molecule has 0 saturated carbocycles. The Labute approximate surface area is 162 Å². The summed E-state index contributed by atoms with van der Waals surface area (Å²) in [6.07, 6.45) is 1.38. The zero-order valence-electron chi connectivity index (χ0n) is 15.3. The number of primary sulfonamides is 1. The number of rotatable bonds is 5. The predicted octanol–water partition coefficient (Wildman–Crippen LogP) is 2.46. The predicted molar refractivity (Wildman–Crippen MR) is 102 cm³/mol. The van der Waals surface area contributed by atoms with Gasteiger partial charge in [0.25, 0.3) is 5.91 Å². The quantitative estimate of drug-likeness (QED) is 0.683. The lowest BCUT2D eigenvalue weighted by atomic mass is 10.1. The van der Waals surface area contributed by atoms with Crippen molar-refractivity contribution in [1.29, 1.82) is 0 Å². The number of aromatic nitrogens is 2. The van der Waals surface area contributed by atoms with Gasteiger partial charge in [-0.1, -0.05) is 24.3 Å². The highest BCUT2D eigenvalue weighted by molar-refractivity contribution is 7.89. The summed E-state index contributed by atoms with van der Waals surface area (Å²) in [5, 5.41) is 12.0. The number of carbonyl (C=O) groups excluding carboxylic acids is 1. The third-order valence-corrected chi connectivity index (χ3v) is 5.32. The highest BCUT2D eigenvalue weighted by atomic mass is 32.2. The number of nitrogens with zero attached hydrogens (tertiary/aromatic N) is 2. The van der Waals surface area contributed by atoms with Crippen LogP contribution in [0.2, 0.25) is 0 Å². The fourth-order valence-corrected chi connectivity index (χ4v) is 3.32. The third kappa shape index (κ3) is 3.95. The summed E-state index contributed by atoms with van der Waals surface area (Å²) >= 11 is 0. The van der Waals surface area contributed by atoms with E-state index in [-0.39, 0.29) is 16.5 Å². The number of amides is 1. The van der Waals surface area contributed by atoms with Gasteiger partial charge in [-0.2, -0.15) is 5.10 Å². The fourth-order valence-electron chi connectivity index (χ4n) is 2.80. The Morgan fingerprint density at radius 3 is 2.43 bits per heavy atom. The highest BCUT2D eigenvalue weighted by Gasteiger charge is 2.19. The van der Waals surface area contributed by atoms with E-state index in [9.17, 15) is 17.6 Å². The van der Waals surface area contributed by atoms with Gasteiger partial charge in [-0.25, -0.2) is 22.6 Å². The SMILES string of the molecule is Cc1c(C(=O)NC(C)c2ccc(S(N)(=O)=O)cc2)cnn1-c1ccccc1F. The van der Waals surface area contributed by atoms with Crippen molar-refractivity contribution in [2.45, 2.75) is 24.8 Å². The number of halogens is 1. The summed E-state index contributed by atoms with van der Waals surface area (Å²) in [5.74, 6) is -0.813. The molecular weight excluding hydrogens is 383 g/mol. The lowest BCUT2D eigenvalue weighted by Gasteiger charge is -2.15. The van der Waals surface area contributed by atoms with Gasteiger partial charge in [0.2, 0.25) is 10.0 Å². The maximum atomic E-state index is 14.0. The van der Waals surface area contributed by atoms with E-state index in [4.69, 9.17) is 5.14 Å². The van der Waals surface area contributed by atoms with Crippen molar-refractivity contribution >= 4 is 15.9 Å². The van der Waals surface area contributed by atoms with Gasteiger partial charge in [0.1, 0.15) is 11.5 Å². The summed E-state index contributed by atoms with van der Waals surface area (Å²) < 4.78 is 38.0. The molecule has 1 aromatic heterocycles. The van der Waals surface area contributed by atoms with Crippen molar-refractivity contribution in [3.63, 3.8) is 0 Å². The third-order valence-electron chi connectivity index (χ3n) is 4.39. The number of benzene rings is 2. The van der Waals surface area contributed by atoms with E-state index >= 15 is 0 Å². The molecule has 3 rings (SSSR count). The van der Waals surface area contributed by atoms with Gasteiger partial charge in [0.05, 0.1) is 28.4 Å². The Morgan fingerprint density at radius 2 is 1.82 bits per heavy atom. The van der Waals surface area contributed by atoms with Gasteiger partial charge < -0.3 is 5.32 Å². The normalized spacial score (nSPS) is 12.6. The van der Waals surface area contributed by atoms with Crippen LogP contribution in [0.4, 0.5) is 4.39 Å². The maximum absolute atomic E-state index is 14.0. The van der Waals surface area contributed by atoms with E-state index in [1.165, 1.54) is 29.1 Å². The Morgan fingerprint density at radius 1 is 1.18 bits per heavy atom. The Bertz CT molecular complexity index is 1120.